The lowest BCUT2D eigenvalue weighted by molar-refractivity contribution is -0.237. The number of hydrogen-bond acceptors (Lipinski definition) is 6. The Morgan fingerprint density at radius 1 is 1.03 bits per heavy atom. The third kappa shape index (κ3) is 4.49. The van der Waals surface area contributed by atoms with Gasteiger partial charge in [0.1, 0.15) is 12.2 Å². The molecule has 8 atom stereocenters. The van der Waals surface area contributed by atoms with Crippen molar-refractivity contribution < 1.29 is 29.0 Å². The summed E-state index contributed by atoms with van der Waals surface area (Å²) in [6.07, 6.45) is 7.10. The first-order chi connectivity index (χ1) is 16.1. The minimum Gasteiger partial charge on any atom is -0.462 e. The molecule has 0 aromatic heterocycles. The van der Waals surface area contributed by atoms with Crippen molar-refractivity contribution >= 4 is 17.7 Å². The Morgan fingerprint density at radius 3 is 2.31 bits per heavy atom. The van der Waals surface area contributed by atoms with Gasteiger partial charge in [-0.15, -0.1) is 0 Å². The smallest absolute Gasteiger partial charge is 0.303 e. The van der Waals surface area contributed by atoms with E-state index in [1.807, 2.05) is 0 Å². The minimum absolute atomic E-state index is 0.00148. The van der Waals surface area contributed by atoms with Gasteiger partial charge in [-0.25, -0.2) is 0 Å². The molecule has 0 spiro atoms. The summed E-state index contributed by atoms with van der Waals surface area (Å²) < 4.78 is 11.7. The van der Waals surface area contributed by atoms with Crippen LogP contribution in [-0.2, 0) is 23.9 Å². The van der Waals surface area contributed by atoms with E-state index < -0.39 is 23.6 Å². The summed E-state index contributed by atoms with van der Waals surface area (Å²) in [4.78, 5) is 36.7. The first-order valence-corrected chi connectivity index (χ1v) is 13.4. The van der Waals surface area contributed by atoms with Crippen LogP contribution in [0, 0.1) is 34.0 Å². The lowest BCUT2D eigenvalue weighted by Crippen LogP contribution is -2.65. The summed E-state index contributed by atoms with van der Waals surface area (Å²) >= 11 is 0. The highest BCUT2D eigenvalue weighted by Crippen LogP contribution is 2.69. The van der Waals surface area contributed by atoms with E-state index in [0.717, 1.165) is 25.7 Å². The van der Waals surface area contributed by atoms with E-state index in [-0.39, 0.29) is 46.4 Å². The Kier molecular flexibility index (Phi) is 6.56. The third-order valence-electron chi connectivity index (χ3n) is 10.3. The second kappa shape index (κ2) is 8.71. The van der Waals surface area contributed by atoms with E-state index in [2.05, 4.69) is 27.7 Å². The molecule has 6 heteroatoms. The van der Waals surface area contributed by atoms with E-state index in [0.29, 0.717) is 30.8 Å². The predicted octanol–water partition coefficient (Wildman–Crippen LogP) is 5.16. The summed E-state index contributed by atoms with van der Waals surface area (Å²) in [5.41, 5.74) is -0.730. The molecule has 0 aliphatic heterocycles. The summed E-state index contributed by atoms with van der Waals surface area (Å²) in [5, 5.41) is 12.2. The van der Waals surface area contributed by atoms with Crippen LogP contribution in [0.2, 0.25) is 0 Å². The minimum atomic E-state index is -1.13. The highest BCUT2D eigenvalue weighted by atomic mass is 16.5. The van der Waals surface area contributed by atoms with Gasteiger partial charge in [0.05, 0.1) is 5.60 Å². The average molecular weight is 489 g/mol. The highest BCUT2D eigenvalue weighted by molar-refractivity contribution is 5.96. The predicted molar refractivity (Wildman–Crippen MR) is 132 cm³/mol. The Balaban J connectivity index is 1.71. The molecule has 4 rings (SSSR count). The van der Waals surface area contributed by atoms with Gasteiger partial charge in [-0.2, -0.15) is 0 Å². The summed E-state index contributed by atoms with van der Waals surface area (Å²) in [6.45, 7) is 13.9. The number of fused-ring (bicyclic) bond motifs is 3. The number of rotatable bonds is 3. The van der Waals surface area contributed by atoms with Crippen molar-refractivity contribution in [3.05, 3.63) is 11.6 Å². The number of esters is 2. The Bertz CT molecular complexity index is 935. The summed E-state index contributed by atoms with van der Waals surface area (Å²) in [5.74, 6) is -0.472. The van der Waals surface area contributed by atoms with Crippen molar-refractivity contribution in [1.82, 2.24) is 0 Å². The molecule has 0 heterocycles. The summed E-state index contributed by atoms with van der Waals surface area (Å²) in [6, 6.07) is 0. The van der Waals surface area contributed by atoms with E-state index >= 15 is 0 Å². The largest absolute Gasteiger partial charge is 0.462 e. The van der Waals surface area contributed by atoms with Gasteiger partial charge in [0.25, 0.3) is 0 Å². The van der Waals surface area contributed by atoms with Crippen LogP contribution in [0.15, 0.2) is 11.6 Å². The molecule has 0 aromatic carbocycles. The number of carbonyl (C=O) groups excluding carboxylic acids is 3. The van der Waals surface area contributed by atoms with Crippen molar-refractivity contribution in [3.63, 3.8) is 0 Å². The van der Waals surface area contributed by atoms with Crippen molar-refractivity contribution in [3.8, 4) is 0 Å². The number of ketones is 1. The molecule has 0 bridgehead atoms. The van der Waals surface area contributed by atoms with Crippen molar-refractivity contribution in [2.45, 2.75) is 118 Å². The lowest BCUT2D eigenvalue weighted by atomic mass is 9.39. The molecule has 0 unspecified atom stereocenters. The van der Waals surface area contributed by atoms with E-state index in [4.69, 9.17) is 9.47 Å². The van der Waals surface area contributed by atoms with Gasteiger partial charge in [0, 0.05) is 32.1 Å². The van der Waals surface area contributed by atoms with Crippen molar-refractivity contribution in [2.24, 2.45) is 34.0 Å². The van der Waals surface area contributed by atoms with Gasteiger partial charge < -0.3 is 14.6 Å². The van der Waals surface area contributed by atoms with Gasteiger partial charge in [-0.05, 0) is 79.3 Å². The molecule has 4 aliphatic carbocycles. The van der Waals surface area contributed by atoms with Crippen molar-refractivity contribution in [1.29, 1.82) is 0 Å². The molecule has 0 saturated heterocycles. The second-order valence-electron chi connectivity index (χ2n) is 13.4. The monoisotopic (exact) mass is 488 g/mol. The number of Topliss-reactive ketones (excluding diaryl/α,β-unsaturated/α-hetero) is 1. The van der Waals surface area contributed by atoms with Crippen LogP contribution < -0.4 is 0 Å². The van der Waals surface area contributed by atoms with Crippen LogP contribution in [0.5, 0.6) is 0 Å². The maximum absolute atomic E-state index is 12.7. The molecule has 6 nitrogen and oxygen atoms in total. The number of hydrogen-bond donors (Lipinski definition) is 1. The maximum Gasteiger partial charge on any atom is 0.303 e. The molecule has 1 N–H and O–H groups in total. The Labute approximate surface area is 210 Å². The SMILES string of the molecule is CC(=O)O[C@@H]1C=C(C)C(=O)C[C@H]1[C@@]1(O)CC[C@@H]2[C@@](C)(C[C@@H](OC(C)=O)[C@H]3C(C)(C)CCC[C@]23C)C1. The quantitative estimate of drug-likeness (QED) is 0.552. The van der Waals surface area contributed by atoms with E-state index in [1.54, 1.807) is 13.0 Å². The van der Waals surface area contributed by atoms with Crippen LogP contribution in [0.1, 0.15) is 99.8 Å². The number of allylic oxidation sites excluding steroid dienone is 1. The molecule has 196 valence electrons. The van der Waals surface area contributed by atoms with Crippen molar-refractivity contribution in [2.75, 3.05) is 0 Å². The van der Waals surface area contributed by atoms with Crippen LogP contribution >= 0.6 is 0 Å². The normalized spacial score (nSPS) is 45.0. The first kappa shape index (κ1) is 26.4. The number of ether oxygens (including phenoxy) is 2. The van der Waals surface area contributed by atoms with Crippen LogP contribution in [0.4, 0.5) is 0 Å². The number of aliphatic hydroxyl groups is 1. The average Bonchev–Trinajstić information content (AvgIpc) is 2.67. The third-order valence-corrected chi connectivity index (χ3v) is 10.3. The molecule has 0 amide bonds. The second-order valence-corrected chi connectivity index (χ2v) is 13.4. The number of carbonyl (C=O) groups is 3. The molecule has 0 aromatic rings. The fourth-order valence-electron chi connectivity index (χ4n) is 9.39. The summed E-state index contributed by atoms with van der Waals surface area (Å²) in [7, 11) is 0. The molecule has 4 aliphatic rings. The standard InChI is InChI=1S/C29H44O6/c1-17-13-22(34-18(2)30)20(14-21(17)32)29(33)12-9-24-27(6,16-29)15-23(35-19(3)31)25-26(4,5)10-8-11-28(24,25)7/h13,20,22-25,33H,8-12,14-16H2,1-7H3/t20-,22-,23-,24-,25+,27+,28-,29-/m1/s1. The molecule has 3 fully saturated rings. The fourth-order valence-corrected chi connectivity index (χ4v) is 9.39. The Hall–Kier alpha value is -1.69. The zero-order chi connectivity index (χ0) is 26.0. The van der Waals surface area contributed by atoms with E-state index in [1.165, 1.54) is 13.8 Å². The first-order valence-electron chi connectivity index (χ1n) is 13.4. The van der Waals surface area contributed by atoms with Gasteiger partial charge >= 0.3 is 11.9 Å². The zero-order valence-corrected chi connectivity index (χ0v) is 22.6. The fraction of sp³-hybridized carbons (Fsp3) is 0.828. The highest BCUT2D eigenvalue weighted by Gasteiger charge is 2.66. The van der Waals surface area contributed by atoms with Gasteiger partial charge in [0.2, 0.25) is 0 Å². The molecule has 3 saturated carbocycles. The zero-order valence-electron chi connectivity index (χ0n) is 22.6. The Morgan fingerprint density at radius 2 is 1.69 bits per heavy atom. The van der Waals surface area contributed by atoms with Gasteiger partial charge in [0.15, 0.2) is 5.78 Å². The maximum atomic E-state index is 12.7. The van der Waals surface area contributed by atoms with Crippen LogP contribution in [0.25, 0.3) is 0 Å². The van der Waals surface area contributed by atoms with E-state index in [9.17, 15) is 19.5 Å². The van der Waals surface area contributed by atoms with Gasteiger partial charge in [-0.3, -0.25) is 14.4 Å². The van der Waals surface area contributed by atoms with Crippen LogP contribution in [0.3, 0.4) is 0 Å². The molecular formula is C29H44O6. The van der Waals surface area contributed by atoms with Crippen LogP contribution in [-0.4, -0.2) is 40.6 Å². The topological polar surface area (TPSA) is 89.9 Å². The van der Waals surface area contributed by atoms with Gasteiger partial charge in [-0.1, -0.05) is 34.1 Å². The molecular weight excluding hydrogens is 444 g/mol. The molecule has 0 radical (unpaired) electrons. The lowest BCUT2D eigenvalue weighted by Gasteiger charge is -2.67. The molecule has 35 heavy (non-hydrogen) atoms.